The molecule has 2 aromatic rings. The number of hydrogen-bond donors (Lipinski definition) is 0. The summed E-state index contributed by atoms with van der Waals surface area (Å²) in [4.78, 5) is 54.8. The molecule has 0 radical (unpaired) electrons. The minimum absolute atomic E-state index is 0.0188. The van der Waals surface area contributed by atoms with Gasteiger partial charge in [0.15, 0.2) is 11.5 Å². The average molecular weight is 532 g/mol. The van der Waals surface area contributed by atoms with Crippen LogP contribution in [0.25, 0.3) is 6.08 Å². The van der Waals surface area contributed by atoms with Gasteiger partial charge in [-0.2, -0.15) is 5.26 Å². The van der Waals surface area contributed by atoms with E-state index in [1.165, 1.54) is 25.3 Å². The van der Waals surface area contributed by atoms with Crippen molar-refractivity contribution in [2.45, 2.75) is 26.3 Å². The molecule has 2 aliphatic heterocycles. The van der Waals surface area contributed by atoms with Gasteiger partial charge in [0.05, 0.1) is 31.5 Å². The summed E-state index contributed by atoms with van der Waals surface area (Å²) in [5.41, 5.74) is 0.936. The Hall–Kier alpha value is -4.49. The first-order chi connectivity index (χ1) is 18.7. The Bertz CT molecular complexity index is 1330. The molecule has 3 amide bonds. The maximum absolute atomic E-state index is 13.4. The van der Waals surface area contributed by atoms with E-state index in [4.69, 9.17) is 14.2 Å². The highest BCUT2D eigenvalue weighted by Gasteiger charge is 2.43. The number of nitrogens with zero attached hydrogens (tertiary/aromatic N) is 3. The van der Waals surface area contributed by atoms with Crippen LogP contribution in [0.15, 0.2) is 48.0 Å². The van der Waals surface area contributed by atoms with Gasteiger partial charge < -0.3 is 19.1 Å². The number of benzene rings is 2. The van der Waals surface area contributed by atoms with E-state index in [1.54, 1.807) is 35.2 Å². The number of fused-ring (bicyclic) bond motifs is 1. The lowest BCUT2D eigenvalue weighted by atomic mass is 10.0. The number of methoxy groups -OCH3 is 1. The maximum Gasteiger partial charge on any atom is 0.334 e. The van der Waals surface area contributed by atoms with Crippen molar-refractivity contribution in [2.24, 2.45) is 5.92 Å². The number of morpholine rings is 1. The summed E-state index contributed by atoms with van der Waals surface area (Å²) in [5.74, 6) is -2.02. The largest absolute Gasteiger partial charge is 0.493 e. The average Bonchev–Trinajstić information content (AvgIpc) is 3.20. The van der Waals surface area contributed by atoms with Crippen LogP contribution in [-0.2, 0) is 14.3 Å². The van der Waals surface area contributed by atoms with Crippen LogP contribution in [0.1, 0.15) is 46.5 Å². The molecule has 0 bridgehead atoms. The van der Waals surface area contributed by atoms with E-state index >= 15 is 0 Å². The van der Waals surface area contributed by atoms with Gasteiger partial charge >= 0.3 is 5.97 Å². The molecule has 1 saturated heterocycles. The predicted octanol–water partition coefficient (Wildman–Crippen LogP) is 3.08. The Morgan fingerprint density at radius 1 is 1.05 bits per heavy atom. The van der Waals surface area contributed by atoms with Crippen LogP contribution in [0.2, 0.25) is 0 Å². The minimum atomic E-state index is -1.14. The van der Waals surface area contributed by atoms with Crippen molar-refractivity contribution in [3.8, 4) is 17.6 Å². The van der Waals surface area contributed by atoms with Gasteiger partial charge in [0.2, 0.25) is 0 Å². The van der Waals surface area contributed by atoms with Crippen LogP contribution >= 0.6 is 0 Å². The van der Waals surface area contributed by atoms with Crippen molar-refractivity contribution in [3.63, 3.8) is 0 Å². The summed E-state index contributed by atoms with van der Waals surface area (Å²) in [7, 11) is 1.39. The van der Waals surface area contributed by atoms with Crippen LogP contribution in [0.5, 0.6) is 11.5 Å². The van der Waals surface area contributed by atoms with Crippen molar-refractivity contribution in [3.05, 3.63) is 64.7 Å². The van der Waals surface area contributed by atoms with Gasteiger partial charge in [0, 0.05) is 13.1 Å². The summed E-state index contributed by atoms with van der Waals surface area (Å²) in [6.07, 6.45) is 1.65. The van der Waals surface area contributed by atoms with Crippen molar-refractivity contribution in [1.82, 2.24) is 9.80 Å². The van der Waals surface area contributed by atoms with Gasteiger partial charge in [-0.1, -0.05) is 32.0 Å². The lowest BCUT2D eigenvalue weighted by Gasteiger charge is -2.26. The number of rotatable bonds is 8. The first kappa shape index (κ1) is 27.5. The van der Waals surface area contributed by atoms with Gasteiger partial charge in [-0.3, -0.25) is 19.3 Å². The predicted molar refractivity (Wildman–Crippen MR) is 140 cm³/mol. The first-order valence-electron chi connectivity index (χ1n) is 12.6. The normalized spacial score (nSPS) is 16.1. The number of esters is 1. The highest BCUT2D eigenvalue weighted by molar-refractivity contribution is 6.22. The number of nitriles is 1. The summed E-state index contributed by atoms with van der Waals surface area (Å²) in [6.45, 7) is 5.39. The lowest BCUT2D eigenvalue weighted by Crippen LogP contribution is -2.47. The molecular formula is C29H29N3O7. The molecule has 1 unspecified atom stereocenters. The Morgan fingerprint density at radius 3 is 2.26 bits per heavy atom. The van der Waals surface area contributed by atoms with E-state index < -0.39 is 29.7 Å². The van der Waals surface area contributed by atoms with Gasteiger partial charge in [-0.15, -0.1) is 0 Å². The zero-order chi connectivity index (χ0) is 28.1. The fourth-order valence-electron chi connectivity index (χ4n) is 4.52. The van der Waals surface area contributed by atoms with Gasteiger partial charge in [0.1, 0.15) is 17.7 Å². The molecule has 2 aromatic carbocycles. The van der Waals surface area contributed by atoms with E-state index in [1.807, 2.05) is 19.9 Å². The van der Waals surface area contributed by atoms with Crippen molar-refractivity contribution in [2.75, 3.05) is 33.4 Å². The maximum atomic E-state index is 13.4. The van der Waals surface area contributed by atoms with E-state index in [0.29, 0.717) is 31.9 Å². The third-order valence-electron chi connectivity index (χ3n) is 6.46. The van der Waals surface area contributed by atoms with Crippen molar-refractivity contribution >= 4 is 29.8 Å². The van der Waals surface area contributed by atoms with Crippen LogP contribution in [0.4, 0.5) is 0 Å². The van der Waals surface area contributed by atoms with Crippen molar-refractivity contribution in [1.29, 1.82) is 5.26 Å². The second-order valence-corrected chi connectivity index (χ2v) is 9.58. The topological polar surface area (TPSA) is 126 Å². The second-order valence-electron chi connectivity index (χ2n) is 9.58. The van der Waals surface area contributed by atoms with Crippen LogP contribution in [0, 0.1) is 17.2 Å². The standard InChI is InChI=1S/C29H29N3O7/c1-18(2)14-23(32-27(34)21-6-4-5-7-22(21)28(32)35)29(36)39-24-9-8-19(16-25(24)37-3)15-20(17-30)26(33)31-10-12-38-13-11-31/h4-9,15-16,18,23H,10-14H2,1-3H3/b20-15+. The van der Waals surface area contributed by atoms with Crippen LogP contribution < -0.4 is 9.47 Å². The molecule has 10 nitrogen and oxygen atoms in total. The molecule has 0 saturated carbocycles. The smallest absolute Gasteiger partial charge is 0.334 e. The lowest BCUT2D eigenvalue weighted by molar-refractivity contribution is -0.139. The van der Waals surface area contributed by atoms with E-state index in [-0.39, 0.29) is 40.5 Å². The van der Waals surface area contributed by atoms with Crippen LogP contribution in [-0.4, -0.2) is 72.9 Å². The summed E-state index contributed by atoms with van der Waals surface area (Å²) in [5, 5.41) is 9.58. The van der Waals surface area contributed by atoms with E-state index in [2.05, 4.69) is 0 Å². The Morgan fingerprint density at radius 2 is 1.69 bits per heavy atom. The highest BCUT2D eigenvalue weighted by atomic mass is 16.6. The van der Waals surface area contributed by atoms with E-state index in [9.17, 15) is 24.4 Å². The third kappa shape index (κ3) is 5.84. The van der Waals surface area contributed by atoms with Crippen molar-refractivity contribution < 1.29 is 33.4 Å². The molecule has 0 spiro atoms. The molecule has 202 valence electrons. The number of hydrogen-bond acceptors (Lipinski definition) is 8. The molecule has 2 heterocycles. The molecular weight excluding hydrogens is 502 g/mol. The number of ether oxygens (including phenoxy) is 3. The molecule has 2 aliphatic rings. The summed E-state index contributed by atoms with van der Waals surface area (Å²) in [6, 6.07) is 11.8. The number of amides is 3. The molecule has 1 atom stereocenters. The molecule has 1 fully saturated rings. The first-order valence-corrected chi connectivity index (χ1v) is 12.6. The Labute approximate surface area is 226 Å². The third-order valence-corrected chi connectivity index (χ3v) is 6.46. The second kappa shape index (κ2) is 11.9. The molecule has 0 N–H and O–H groups in total. The molecule has 39 heavy (non-hydrogen) atoms. The van der Waals surface area contributed by atoms with Gasteiger partial charge in [-0.05, 0) is 48.2 Å². The molecule has 10 heteroatoms. The Balaban J connectivity index is 1.57. The minimum Gasteiger partial charge on any atom is -0.493 e. The summed E-state index contributed by atoms with van der Waals surface area (Å²) >= 11 is 0. The van der Waals surface area contributed by atoms with E-state index in [0.717, 1.165) is 4.90 Å². The number of carbonyl (C=O) groups excluding carboxylic acids is 4. The quantitative estimate of drug-likeness (QED) is 0.167. The molecule has 0 aromatic heterocycles. The SMILES string of the molecule is COc1cc(/C=C(\C#N)C(=O)N2CCOCC2)ccc1OC(=O)C(CC(C)C)N1C(=O)c2ccccc2C1=O. The summed E-state index contributed by atoms with van der Waals surface area (Å²) < 4.78 is 16.3. The zero-order valence-electron chi connectivity index (χ0n) is 22.0. The zero-order valence-corrected chi connectivity index (χ0v) is 22.0. The van der Waals surface area contributed by atoms with Gasteiger partial charge in [0.25, 0.3) is 17.7 Å². The fraction of sp³-hybridized carbons (Fsp3) is 0.345. The van der Waals surface area contributed by atoms with Gasteiger partial charge in [-0.25, -0.2) is 4.79 Å². The number of imide groups is 1. The van der Waals surface area contributed by atoms with Crippen LogP contribution in [0.3, 0.4) is 0 Å². The highest BCUT2D eigenvalue weighted by Crippen LogP contribution is 2.32. The number of carbonyl (C=O) groups is 4. The molecule has 0 aliphatic carbocycles. The molecule has 4 rings (SSSR count). The Kier molecular flexibility index (Phi) is 8.42. The fourth-order valence-corrected chi connectivity index (χ4v) is 4.52. The monoisotopic (exact) mass is 531 g/mol.